The van der Waals surface area contributed by atoms with Gasteiger partial charge in [-0.25, -0.2) is 8.78 Å². The number of amides is 2. The van der Waals surface area contributed by atoms with Gasteiger partial charge in [-0.2, -0.15) is 0 Å². The number of benzene rings is 3. The zero-order valence-corrected chi connectivity index (χ0v) is 22.4. The quantitative estimate of drug-likeness (QED) is 0.379. The van der Waals surface area contributed by atoms with E-state index in [-0.39, 0.29) is 23.5 Å². The fraction of sp³-hybridized carbons (Fsp3) is 0.290. The fourth-order valence-corrected chi connectivity index (χ4v) is 4.68. The minimum Gasteiger partial charge on any atom is -0.484 e. The van der Waals surface area contributed by atoms with Crippen molar-refractivity contribution in [2.75, 3.05) is 31.5 Å². The van der Waals surface area contributed by atoms with Crippen molar-refractivity contribution >= 4 is 17.5 Å². The van der Waals surface area contributed by atoms with E-state index in [2.05, 4.69) is 16.8 Å². The summed E-state index contributed by atoms with van der Waals surface area (Å²) in [6.45, 7) is 11.4. The number of aryl methyl sites for hydroxylation is 2. The van der Waals surface area contributed by atoms with Crippen LogP contribution in [-0.4, -0.2) is 53.8 Å². The molecule has 4 rings (SSSR count). The number of nitrogens with one attached hydrogen (secondary N) is 1. The Morgan fingerprint density at radius 3 is 2.46 bits per heavy atom. The largest absolute Gasteiger partial charge is 0.484 e. The third kappa shape index (κ3) is 6.89. The first-order chi connectivity index (χ1) is 18.6. The van der Waals surface area contributed by atoms with Gasteiger partial charge in [-0.1, -0.05) is 24.8 Å². The van der Waals surface area contributed by atoms with Gasteiger partial charge in [0.15, 0.2) is 0 Å². The Bertz CT molecular complexity index is 1360. The minimum atomic E-state index is -0.508. The molecule has 1 aliphatic rings. The molecule has 6 nitrogen and oxygen atoms in total. The summed E-state index contributed by atoms with van der Waals surface area (Å²) >= 11 is 0. The highest BCUT2D eigenvalue weighted by Crippen LogP contribution is 2.27. The van der Waals surface area contributed by atoms with Crippen molar-refractivity contribution in [3.63, 3.8) is 0 Å². The summed E-state index contributed by atoms with van der Waals surface area (Å²) in [5.41, 5.74) is 2.52. The Morgan fingerprint density at radius 2 is 1.79 bits per heavy atom. The van der Waals surface area contributed by atoms with E-state index >= 15 is 0 Å². The molecule has 204 valence electrons. The molecule has 2 amide bonds. The predicted octanol–water partition coefficient (Wildman–Crippen LogP) is 5.67. The van der Waals surface area contributed by atoms with Crippen LogP contribution in [0.2, 0.25) is 0 Å². The van der Waals surface area contributed by atoms with E-state index in [0.717, 1.165) is 5.56 Å². The van der Waals surface area contributed by atoms with Gasteiger partial charge in [0.05, 0.1) is 5.69 Å². The van der Waals surface area contributed by atoms with E-state index in [4.69, 9.17) is 4.74 Å². The molecular formula is C31H33F2N3O3. The van der Waals surface area contributed by atoms with Crippen molar-refractivity contribution < 1.29 is 23.1 Å². The molecule has 1 saturated heterocycles. The fourth-order valence-electron chi connectivity index (χ4n) is 4.68. The predicted molar refractivity (Wildman–Crippen MR) is 148 cm³/mol. The number of nitrogens with zero attached hydrogens (tertiary/aromatic N) is 2. The number of piperazine rings is 1. The summed E-state index contributed by atoms with van der Waals surface area (Å²) in [7, 11) is 0. The number of ether oxygens (including phenoxy) is 1. The number of halogens is 2. The Kier molecular flexibility index (Phi) is 8.76. The molecule has 3 aromatic rings. The molecular weight excluding hydrogens is 500 g/mol. The van der Waals surface area contributed by atoms with Crippen LogP contribution in [0.4, 0.5) is 14.5 Å². The number of rotatable bonds is 8. The number of carbonyl (C=O) groups is 2. The summed E-state index contributed by atoms with van der Waals surface area (Å²) in [5.74, 6) is -0.848. The van der Waals surface area contributed by atoms with E-state index in [1.54, 1.807) is 54.3 Å². The van der Waals surface area contributed by atoms with Crippen LogP contribution in [0, 0.1) is 25.5 Å². The molecule has 39 heavy (non-hydrogen) atoms. The summed E-state index contributed by atoms with van der Waals surface area (Å²) in [6.07, 6.45) is 0.837. The van der Waals surface area contributed by atoms with Gasteiger partial charge in [0.2, 0.25) is 5.91 Å². The van der Waals surface area contributed by atoms with Crippen LogP contribution in [0.25, 0.3) is 0 Å². The lowest BCUT2D eigenvalue weighted by molar-refractivity contribution is -0.130. The van der Waals surface area contributed by atoms with Gasteiger partial charge in [0.1, 0.15) is 23.5 Å². The van der Waals surface area contributed by atoms with E-state index < -0.39 is 17.8 Å². The summed E-state index contributed by atoms with van der Waals surface area (Å²) in [5, 5.41) is 2.60. The molecule has 0 aliphatic carbocycles. The minimum absolute atomic E-state index is 0.00399. The van der Waals surface area contributed by atoms with Gasteiger partial charge < -0.3 is 15.0 Å². The zero-order valence-electron chi connectivity index (χ0n) is 22.4. The zero-order chi connectivity index (χ0) is 28.1. The van der Waals surface area contributed by atoms with Crippen molar-refractivity contribution in [1.29, 1.82) is 0 Å². The Morgan fingerprint density at radius 1 is 1.05 bits per heavy atom. The van der Waals surface area contributed by atoms with Crippen molar-refractivity contribution in [2.24, 2.45) is 0 Å². The summed E-state index contributed by atoms with van der Waals surface area (Å²) in [4.78, 5) is 28.8. The van der Waals surface area contributed by atoms with Crippen LogP contribution in [0.15, 0.2) is 73.3 Å². The van der Waals surface area contributed by atoms with Gasteiger partial charge in [-0.3, -0.25) is 14.5 Å². The maximum Gasteiger partial charge on any atom is 0.255 e. The van der Waals surface area contributed by atoms with Gasteiger partial charge in [-0.15, -0.1) is 0 Å². The maximum atomic E-state index is 14.5. The molecule has 0 unspecified atom stereocenters. The Labute approximate surface area is 227 Å². The van der Waals surface area contributed by atoms with E-state index in [1.807, 2.05) is 19.9 Å². The average Bonchev–Trinajstić information content (AvgIpc) is 2.92. The first kappa shape index (κ1) is 28.0. The number of hydrogen-bond acceptors (Lipinski definition) is 4. The molecule has 0 saturated carbocycles. The van der Waals surface area contributed by atoms with Gasteiger partial charge in [0, 0.05) is 37.8 Å². The first-order valence-corrected chi connectivity index (χ1v) is 12.9. The van der Waals surface area contributed by atoms with Crippen LogP contribution >= 0.6 is 0 Å². The van der Waals surface area contributed by atoms with Crippen LogP contribution in [0.5, 0.6) is 5.75 Å². The second kappa shape index (κ2) is 12.2. The Hall–Kier alpha value is -4.04. The first-order valence-electron chi connectivity index (χ1n) is 12.9. The lowest BCUT2D eigenvalue weighted by Gasteiger charge is -2.40. The molecule has 0 radical (unpaired) electrons. The van der Waals surface area contributed by atoms with Crippen LogP contribution in [-0.2, 0) is 4.79 Å². The summed E-state index contributed by atoms with van der Waals surface area (Å²) < 4.78 is 34.9. The molecule has 3 aromatic carbocycles. The van der Waals surface area contributed by atoms with Gasteiger partial charge in [0.25, 0.3) is 5.91 Å². The third-order valence-corrected chi connectivity index (χ3v) is 6.93. The van der Waals surface area contributed by atoms with E-state index in [0.29, 0.717) is 48.6 Å². The van der Waals surface area contributed by atoms with Crippen molar-refractivity contribution in [2.45, 2.75) is 32.9 Å². The molecule has 1 heterocycles. The highest BCUT2D eigenvalue weighted by molar-refractivity contribution is 6.04. The second-order valence-corrected chi connectivity index (χ2v) is 9.92. The van der Waals surface area contributed by atoms with Crippen LogP contribution in [0.1, 0.15) is 40.1 Å². The normalized spacial score (nSPS) is 16.4. The number of anilines is 1. The molecule has 0 spiro atoms. The third-order valence-electron chi connectivity index (χ3n) is 6.93. The maximum absolute atomic E-state index is 14.5. The monoisotopic (exact) mass is 533 g/mol. The standard InChI is InChI=1S/C31H33F2N3O3/c1-5-30(37)36-15-14-35(18-22(36)4)19-29(24-8-7-21(3)27(33)17-24)39-25-11-9-23(10-12-25)31(38)34-28-16-20(2)6-13-26(28)32/h5-13,16-17,22,29H,1,14-15,18-19H2,2-4H3,(H,34,38)/t22-,29+/m1/s1. The SMILES string of the molecule is C=CC(=O)N1CCN(C[C@H](Oc2ccc(C(=O)Nc3cc(C)ccc3F)cc2)c2ccc(C)c(F)c2)C[C@H]1C. The number of carbonyl (C=O) groups excluding carboxylic acids is 2. The number of hydrogen-bond donors (Lipinski definition) is 1. The lowest BCUT2D eigenvalue weighted by atomic mass is 10.0. The van der Waals surface area contributed by atoms with E-state index in [1.165, 1.54) is 18.2 Å². The van der Waals surface area contributed by atoms with Gasteiger partial charge in [-0.05, 0) is 86.0 Å². The molecule has 0 aromatic heterocycles. The molecule has 2 atom stereocenters. The average molecular weight is 534 g/mol. The Balaban J connectivity index is 1.49. The van der Waals surface area contributed by atoms with Crippen molar-refractivity contribution in [1.82, 2.24) is 9.80 Å². The van der Waals surface area contributed by atoms with E-state index in [9.17, 15) is 18.4 Å². The van der Waals surface area contributed by atoms with Crippen molar-refractivity contribution in [3.05, 3.63) is 107 Å². The second-order valence-electron chi connectivity index (χ2n) is 9.92. The molecule has 1 N–H and O–H groups in total. The molecule has 0 bridgehead atoms. The van der Waals surface area contributed by atoms with Crippen LogP contribution < -0.4 is 10.1 Å². The highest BCUT2D eigenvalue weighted by atomic mass is 19.1. The lowest BCUT2D eigenvalue weighted by Crippen LogP contribution is -2.54. The summed E-state index contributed by atoms with van der Waals surface area (Å²) in [6, 6.07) is 16.1. The highest BCUT2D eigenvalue weighted by Gasteiger charge is 2.28. The van der Waals surface area contributed by atoms with Gasteiger partial charge >= 0.3 is 0 Å². The molecule has 1 aliphatic heterocycles. The van der Waals surface area contributed by atoms with Crippen LogP contribution in [0.3, 0.4) is 0 Å². The smallest absolute Gasteiger partial charge is 0.255 e. The molecule has 8 heteroatoms. The van der Waals surface area contributed by atoms with Crippen molar-refractivity contribution in [3.8, 4) is 5.75 Å². The molecule has 1 fully saturated rings. The topological polar surface area (TPSA) is 61.9 Å².